The third-order valence-electron chi connectivity index (χ3n) is 1.14. The Kier molecular flexibility index (Phi) is 4.54. The Labute approximate surface area is 84.7 Å². The predicted octanol–water partition coefficient (Wildman–Crippen LogP) is 2.98. The number of carbonyl (C=O) groups excluding carboxylic acids is 1. The van der Waals surface area contributed by atoms with Crippen molar-refractivity contribution < 1.29 is 9.53 Å². The molecular weight excluding hydrogens is 184 g/mol. The molecule has 0 amide bonds. The summed E-state index contributed by atoms with van der Waals surface area (Å²) in [6.45, 7) is 13.3. The van der Waals surface area contributed by atoms with E-state index in [0.29, 0.717) is 5.57 Å². The van der Waals surface area contributed by atoms with Crippen molar-refractivity contribution in [3.63, 3.8) is 0 Å². The van der Waals surface area contributed by atoms with Crippen molar-refractivity contribution in [2.75, 3.05) is 0 Å². The lowest BCUT2D eigenvalue weighted by Gasteiger charge is -2.22. The number of carbonyl (C=O) groups is 1. The zero-order valence-corrected chi connectivity index (χ0v) is 9.83. The number of esters is 1. The van der Waals surface area contributed by atoms with Gasteiger partial charge in [-0.3, -0.25) is 0 Å². The fourth-order valence-corrected chi connectivity index (χ4v) is 1.90. The molecule has 0 saturated carbocycles. The van der Waals surface area contributed by atoms with Gasteiger partial charge in [0.25, 0.3) is 0 Å². The van der Waals surface area contributed by atoms with E-state index in [-0.39, 0.29) is 16.2 Å². The van der Waals surface area contributed by atoms with Gasteiger partial charge in [-0.25, -0.2) is 4.79 Å². The monoisotopic (exact) mass is 202 g/mol. The molecule has 0 fully saturated rings. The van der Waals surface area contributed by atoms with E-state index in [1.165, 1.54) is 0 Å². The first-order chi connectivity index (χ1) is 5.72. The summed E-state index contributed by atoms with van der Waals surface area (Å²) in [5, 5.41) is 0. The molecule has 0 aromatic carbocycles. The van der Waals surface area contributed by atoms with E-state index < -0.39 is 0 Å². The lowest BCUT2D eigenvalue weighted by molar-refractivity contribution is -0.139. The van der Waals surface area contributed by atoms with Crippen LogP contribution in [0.4, 0.5) is 0 Å². The van der Waals surface area contributed by atoms with Crippen LogP contribution in [0.5, 0.6) is 0 Å². The normalized spacial score (nSPS) is 13.6. The van der Waals surface area contributed by atoms with Gasteiger partial charge in [0.05, 0.1) is 0 Å². The molecule has 1 atom stereocenters. The van der Waals surface area contributed by atoms with Crippen molar-refractivity contribution in [2.45, 2.75) is 44.8 Å². The zero-order valence-electron chi connectivity index (χ0n) is 9.01. The van der Waals surface area contributed by atoms with Crippen molar-refractivity contribution >= 4 is 17.7 Å². The largest absolute Gasteiger partial charge is 0.448 e. The van der Waals surface area contributed by atoms with Crippen LogP contribution in [0.15, 0.2) is 12.2 Å². The van der Waals surface area contributed by atoms with E-state index in [4.69, 9.17) is 4.74 Å². The van der Waals surface area contributed by atoms with Gasteiger partial charge in [-0.2, -0.15) is 0 Å². The summed E-state index contributed by atoms with van der Waals surface area (Å²) >= 11 is 1.62. The second-order valence-electron chi connectivity index (χ2n) is 3.98. The number of hydrogen-bond donors (Lipinski definition) is 0. The van der Waals surface area contributed by atoms with Crippen molar-refractivity contribution in [3.05, 3.63) is 12.2 Å². The third kappa shape index (κ3) is 6.70. The lowest BCUT2D eigenvalue weighted by atomic mass is 10.3. The standard InChI is InChI=1S/C10H18O2S/c1-7(2)9(11)12-8(3)13-10(4,5)6/h8H,1H2,2-6H3. The maximum atomic E-state index is 11.1. The summed E-state index contributed by atoms with van der Waals surface area (Å²) in [6.07, 6.45) is 0. The maximum Gasteiger partial charge on any atom is 0.334 e. The molecule has 0 saturated heterocycles. The second-order valence-corrected chi connectivity index (χ2v) is 6.11. The molecule has 0 rings (SSSR count). The average Bonchev–Trinajstić information content (AvgIpc) is 1.81. The Bertz CT molecular complexity index is 203. The summed E-state index contributed by atoms with van der Waals surface area (Å²) in [6, 6.07) is 0. The molecule has 13 heavy (non-hydrogen) atoms. The second kappa shape index (κ2) is 4.70. The topological polar surface area (TPSA) is 26.3 Å². The first kappa shape index (κ1) is 12.6. The van der Waals surface area contributed by atoms with Gasteiger partial charge in [0.15, 0.2) is 0 Å². The van der Waals surface area contributed by atoms with Gasteiger partial charge < -0.3 is 4.74 Å². The summed E-state index contributed by atoms with van der Waals surface area (Å²) in [5.74, 6) is -0.316. The van der Waals surface area contributed by atoms with Crippen LogP contribution < -0.4 is 0 Å². The predicted molar refractivity (Wildman–Crippen MR) is 57.7 cm³/mol. The van der Waals surface area contributed by atoms with Crippen LogP contribution in [-0.2, 0) is 9.53 Å². The third-order valence-corrected chi connectivity index (χ3v) is 2.28. The molecule has 1 unspecified atom stereocenters. The summed E-state index contributed by atoms with van der Waals surface area (Å²) in [7, 11) is 0. The van der Waals surface area contributed by atoms with Crippen molar-refractivity contribution in [2.24, 2.45) is 0 Å². The molecule has 0 N–H and O–H groups in total. The average molecular weight is 202 g/mol. The van der Waals surface area contributed by atoms with Crippen LogP contribution >= 0.6 is 11.8 Å². The molecule has 3 heteroatoms. The Morgan fingerprint density at radius 1 is 1.46 bits per heavy atom. The fraction of sp³-hybridized carbons (Fsp3) is 0.700. The van der Waals surface area contributed by atoms with Crippen LogP contribution in [0.3, 0.4) is 0 Å². The Morgan fingerprint density at radius 3 is 2.23 bits per heavy atom. The molecule has 0 aliphatic heterocycles. The zero-order chi connectivity index (χ0) is 10.6. The van der Waals surface area contributed by atoms with E-state index in [0.717, 1.165) is 0 Å². The Morgan fingerprint density at radius 2 is 1.92 bits per heavy atom. The fourth-order valence-electron chi connectivity index (χ4n) is 0.773. The molecule has 76 valence electrons. The molecule has 0 radical (unpaired) electrons. The number of hydrogen-bond acceptors (Lipinski definition) is 3. The first-order valence-electron chi connectivity index (χ1n) is 4.26. The molecule has 0 aromatic rings. The van der Waals surface area contributed by atoms with Gasteiger partial charge in [0, 0.05) is 10.3 Å². The van der Waals surface area contributed by atoms with Crippen molar-refractivity contribution in [3.8, 4) is 0 Å². The molecule has 0 aliphatic carbocycles. The van der Waals surface area contributed by atoms with Crippen molar-refractivity contribution in [1.29, 1.82) is 0 Å². The van der Waals surface area contributed by atoms with Gasteiger partial charge in [0.2, 0.25) is 0 Å². The van der Waals surface area contributed by atoms with E-state index in [9.17, 15) is 4.79 Å². The number of thioether (sulfide) groups is 1. The molecule has 0 aromatic heterocycles. The molecule has 2 nitrogen and oxygen atoms in total. The van der Waals surface area contributed by atoms with Gasteiger partial charge in [-0.05, 0) is 13.8 Å². The molecular formula is C10H18O2S. The lowest BCUT2D eigenvalue weighted by Crippen LogP contribution is -2.19. The minimum absolute atomic E-state index is 0.106. The van der Waals surface area contributed by atoms with Crippen LogP contribution in [0.2, 0.25) is 0 Å². The summed E-state index contributed by atoms with van der Waals surface area (Å²) in [4.78, 5) is 11.1. The van der Waals surface area contributed by atoms with Crippen LogP contribution in [0.25, 0.3) is 0 Å². The van der Waals surface area contributed by atoms with Gasteiger partial charge >= 0.3 is 5.97 Å². The number of rotatable bonds is 3. The van der Waals surface area contributed by atoms with Gasteiger partial charge in [-0.1, -0.05) is 27.4 Å². The smallest absolute Gasteiger partial charge is 0.334 e. The van der Waals surface area contributed by atoms with E-state index >= 15 is 0 Å². The first-order valence-corrected chi connectivity index (χ1v) is 5.14. The van der Waals surface area contributed by atoms with Crippen LogP contribution in [0.1, 0.15) is 34.6 Å². The van der Waals surface area contributed by atoms with Crippen LogP contribution in [0, 0.1) is 0 Å². The van der Waals surface area contributed by atoms with Gasteiger partial charge in [0.1, 0.15) is 5.44 Å². The highest BCUT2D eigenvalue weighted by molar-refractivity contribution is 8.01. The highest BCUT2D eigenvalue weighted by Gasteiger charge is 2.18. The summed E-state index contributed by atoms with van der Waals surface area (Å²) in [5.41, 5.74) is 0.325. The Hall–Kier alpha value is -0.440. The van der Waals surface area contributed by atoms with Crippen molar-refractivity contribution in [1.82, 2.24) is 0 Å². The Balaban J connectivity index is 3.95. The minimum Gasteiger partial charge on any atom is -0.448 e. The highest BCUT2D eigenvalue weighted by Crippen LogP contribution is 2.28. The number of ether oxygens (including phenoxy) is 1. The SMILES string of the molecule is C=C(C)C(=O)OC(C)SC(C)(C)C. The minimum atomic E-state index is -0.316. The van der Waals surface area contributed by atoms with Crippen LogP contribution in [-0.4, -0.2) is 16.2 Å². The maximum absolute atomic E-state index is 11.1. The van der Waals surface area contributed by atoms with E-state index in [1.807, 2.05) is 6.92 Å². The molecule has 0 bridgehead atoms. The van der Waals surface area contributed by atoms with E-state index in [2.05, 4.69) is 27.4 Å². The summed E-state index contributed by atoms with van der Waals surface area (Å²) < 4.78 is 5.22. The highest BCUT2D eigenvalue weighted by atomic mass is 32.2. The quantitative estimate of drug-likeness (QED) is 0.400. The molecule has 0 heterocycles. The van der Waals surface area contributed by atoms with Gasteiger partial charge in [-0.15, -0.1) is 11.8 Å². The van der Waals surface area contributed by atoms with E-state index in [1.54, 1.807) is 18.7 Å². The molecule has 0 spiro atoms. The molecule has 0 aliphatic rings.